The number of benzene rings is 3. The number of halogens is 1. The fourth-order valence-corrected chi connectivity index (χ4v) is 5.17. The van der Waals surface area contributed by atoms with Crippen molar-refractivity contribution >= 4 is 16.9 Å². The fraction of sp³-hybridized carbons (Fsp3) is 0.258. The van der Waals surface area contributed by atoms with Gasteiger partial charge in [0.2, 0.25) is 0 Å². The number of nitrogens with zero attached hydrogens (tertiary/aromatic N) is 6. The van der Waals surface area contributed by atoms with E-state index in [1.165, 1.54) is 17.7 Å². The molecule has 0 saturated carbocycles. The maximum atomic E-state index is 13.7. The van der Waals surface area contributed by atoms with E-state index >= 15 is 0 Å². The average Bonchev–Trinajstić information content (AvgIpc) is 3.28. The van der Waals surface area contributed by atoms with Gasteiger partial charge < -0.3 is 10.0 Å². The Hall–Kier alpha value is -4.30. The highest BCUT2D eigenvalue weighted by Crippen LogP contribution is 2.31. The van der Waals surface area contributed by atoms with E-state index in [0.717, 1.165) is 71.4 Å². The van der Waals surface area contributed by atoms with Crippen molar-refractivity contribution in [3.05, 3.63) is 107 Å². The van der Waals surface area contributed by atoms with Crippen molar-refractivity contribution in [3.8, 4) is 11.4 Å². The number of phenolic OH excluding ortho intramolecular Hbond substituents is 1. The predicted octanol–water partition coefficient (Wildman–Crippen LogP) is 5.19. The van der Waals surface area contributed by atoms with Crippen LogP contribution in [0.15, 0.2) is 72.8 Å². The average molecular weight is 523 g/mol. The van der Waals surface area contributed by atoms with Crippen molar-refractivity contribution in [2.24, 2.45) is 0 Å². The lowest BCUT2D eigenvalue weighted by Gasteiger charge is -2.35. The Bertz CT molecular complexity index is 1610. The van der Waals surface area contributed by atoms with Crippen LogP contribution in [-0.2, 0) is 13.0 Å². The summed E-state index contributed by atoms with van der Waals surface area (Å²) in [6.07, 6.45) is 0.601. The van der Waals surface area contributed by atoms with Gasteiger partial charge in [0.15, 0.2) is 5.65 Å². The Morgan fingerprint density at radius 1 is 0.846 bits per heavy atom. The summed E-state index contributed by atoms with van der Waals surface area (Å²) in [7, 11) is 0. The Labute approximate surface area is 227 Å². The lowest BCUT2D eigenvalue weighted by Crippen LogP contribution is -2.46. The highest BCUT2D eigenvalue weighted by atomic mass is 19.1. The van der Waals surface area contributed by atoms with Crippen LogP contribution >= 0.6 is 0 Å². The topological polar surface area (TPSA) is 70.3 Å². The van der Waals surface area contributed by atoms with Crippen LogP contribution in [-0.4, -0.2) is 55.9 Å². The van der Waals surface area contributed by atoms with Crippen LogP contribution in [0, 0.1) is 19.7 Å². The number of hydrogen-bond donors (Lipinski definition) is 1. The van der Waals surface area contributed by atoms with Crippen molar-refractivity contribution in [2.45, 2.75) is 26.8 Å². The van der Waals surface area contributed by atoms with E-state index in [0.29, 0.717) is 18.7 Å². The van der Waals surface area contributed by atoms with E-state index in [-0.39, 0.29) is 5.82 Å². The number of phenols is 1. The summed E-state index contributed by atoms with van der Waals surface area (Å²) in [5, 5.41) is 15.9. The molecule has 0 radical (unpaired) electrons. The van der Waals surface area contributed by atoms with Crippen molar-refractivity contribution in [1.29, 1.82) is 0 Å². The fourth-order valence-electron chi connectivity index (χ4n) is 5.17. The monoisotopic (exact) mass is 522 g/mol. The van der Waals surface area contributed by atoms with Crippen molar-refractivity contribution in [1.82, 2.24) is 24.6 Å². The van der Waals surface area contributed by atoms with Gasteiger partial charge in [-0.3, -0.25) is 4.90 Å². The van der Waals surface area contributed by atoms with Gasteiger partial charge in [0.05, 0.1) is 16.8 Å². The predicted molar refractivity (Wildman–Crippen MR) is 151 cm³/mol. The molecule has 198 valence electrons. The highest BCUT2D eigenvalue weighted by molar-refractivity contribution is 5.91. The highest BCUT2D eigenvalue weighted by Gasteiger charge is 2.25. The molecular weight excluding hydrogens is 491 g/mol. The first-order valence-corrected chi connectivity index (χ1v) is 13.3. The molecule has 1 N–H and O–H groups in total. The van der Waals surface area contributed by atoms with Gasteiger partial charge in [0.1, 0.15) is 23.2 Å². The first-order valence-electron chi connectivity index (χ1n) is 13.3. The first kappa shape index (κ1) is 25.0. The minimum atomic E-state index is -0.288. The number of aromatic hydroxyl groups is 1. The summed E-state index contributed by atoms with van der Waals surface area (Å²) < 4.78 is 15.5. The standard InChI is InChI=1S/C31H31FN6O/c1-21-7-9-23(10-8-21)19-28-33-30(37-17-15-36(16-18-37)20-24-5-3-4-6-27(24)39)29-22(2)35-38(31(29)34-28)26-13-11-25(32)12-14-26/h3-14,39H,15-20H2,1-2H3. The maximum absolute atomic E-state index is 13.7. The van der Waals surface area contributed by atoms with Crippen LogP contribution < -0.4 is 4.90 Å². The third-order valence-corrected chi connectivity index (χ3v) is 7.34. The molecule has 7 nitrogen and oxygen atoms in total. The van der Waals surface area contributed by atoms with Crippen LogP contribution in [0.4, 0.5) is 10.2 Å². The molecule has 6 rings (SSSR count). The molecule has 39 heavy (non-hydrogen) atoms. The van der Waals surface area contributed by atoms with Gasteiger partial charge in [0, 0.05) is 44.7 Å². The van der Waals surface area contributed by atoms with Gasteiger partial charge in [-0.25, -0.2) is 19.0 Å². The number of aryl methyl sites for hydroxylation is 2. The summed E-state index contributed by atoms with van der Waals surface area (Å²) in [5.41, 5.74) is 5.61. The minimum absolute atomic E-state index is 0.288. The summed E-state index contributed by atoms with van der Waals surface area (Å²) >= 11 is 0. The van der Waals surface area contributed by atoms with Crippen LogP contribution in [0.3, 0.4) is 0 Å². The van der Waals surface area contributed by atoms with Gasteiger partial charge >= 0.3 is 0 Å². The molecule has 3 heterocycles. The van der Waals surface area contributed by atoms with Gasteiger partial charge in [-0.1, -0.05) is 48.0 Å². The maximum Gasteiger partial charge on any atom is 0.169 e. The Morgan fingerprint density at radius 2 is 1.56 bits per heavy atom. The molecular formula is C31H31FN6O. The third kappa shape index (κ3) is 5.20. The molecule has 0 bridgehead atoms. The van der Waals surface area contributed by atoms with Gasteiger partial charge in [-0.15, -0.1) is 0 Å². The van der Waals surface area contributed by atoms with E-state index in [4.69, 9.17) is 15.1 Å². The number of aromatic nitrogens is 4. The lowest BCUT2D eigenvalue weighted by atomic mass is 10.1. The molecule has 8 heteroatoms. The van der Waals surface area contributed by atoms with Crippen LogP contribution in [0.5, 0.6) is 5.75 Å². The molecule has 2 aromatic heterocycles. The molecule has 0 atom stereocenters. The summed E-state index contributed by atoms with van der Waals surface area (Å²) in [6, 6.07) is 22.3. The molecule has 0 aliphatic carbocycles. The van der Waals surface area contributed by atoms with E-state index in [9.17, 15) is 9.50 Å². The molecule has 5 aromatic rings. The number of piperazine rings is 1. The molecule has 0 amide bonds. The van der Waals surface area contributed by atoms with Gasteiger partial charge in [-0.05, 0) is 49.7 Å². The number of fused-ring (bicyclic) bond motifs is 1. The molecule has 1 fully saturated rings. The first-order chi connectivity index (χ1) is 18.9. The van der Waals surface area contributed by atoms with Crippen molar-refractivity contribution in [3.63, 3.8) is 0 Å². The van der Waals surface area contributed by atoms with Crippen LogP contribution in [0.25, 0.3) is 16.7 Å². The minimum Gasteiger partial charge on any atom is -0.508 e. The van der Waals surface area contributed by atoms with Crippen LogP contribution in [0.2, 0.25) is 0 Å². The SMILES string of the molecule is Cc1ccc(Cc2nc(N3CCN(Cc4ccccc4O)CC3)c3c(C)nn(-c4ccc(F)cc4)c3n2)cc1. The number of para-hydroxylation sites is 1. The van der Waals surface area contributed by atoms with Crippen molar-refractivity contribution < 1.29 is 9.50 Å². The second-order valence-electron chi connectivity index (χ2n) is 10.2. The zero-order valence-electron chi connectivity index (χ0n) is 22.2. The normalized spacial score (nSPS) is 14.3. The quantitative estimate of drug-likeness (QED) is 0.331. The van der Waals surface area contributed by atoms with E-state index in [2.05, 4.69) is 41.0 Å². The lowest BCUT2D eigenvalue weighted by molar-refractivity contribution is 0.246. The zero-order valence-corrected chi connectivity index (χ0v) is 22.2. The van der Waals surface area contributed by atoms with Gasteiger partial charge in [-0.2, -0.15) is 5.10 Å². The molecule has 1 saturated heterocycles. The number of anilines is 1. The number of hydrogen-bond acceptors (Lipinski definition) is 6. The summed E-state index contributed by atoms with van der Waals surface area (Å²) in [6.45, 7) is 8.04. The Kier molecular flexibility index (Phi) is 6.70. The third-order valence-electron chi connectivity index (χ3n) is 7.34. The summed E-state index contributed by atoms with van der Waals surface area (Å²) in [5.74, 6) is 1.66. The largest absolute Gasteiger partial charge is 0.508 e. The van der Waals surface area contributed by atoms with E-state index in [1.54, 1.807) is 22.9 Å². The smallest absolute Gasteiger partial charge is 0.169 e. The zero-order chi connectivity index (χ0) is 26.9. The Balaban J connectivity index is 1.35. The molecule has 0 spiro atoms. The summed E-state index contributed by atoms with van der Waals surface area (Å²) in [4.78, 5) is 14.7. The molecule has 3 aromatic carbocycles. The van der Waals surface area contributed by atoms with Crippen LogP contribution in [0.1, 0.15) is 28.2 Å². The molecule has 1 aliphatic heterocycles. The number of rotatable bonds is 6. The van der Waals surface area contributed by atoms with E-state index < -0.39 is 0 Å². The molecule has 1 aliphatic rings. The Morgan fingerprint density at radius 3 is 2.28 bits per heavy atom. The van der Waals surface area contributed by atoms with Gasteiger partial charge in [0.25, 0.3) is 0 Å². The van der Waals surface area contributed by atoms with Crippen molar-refractivity contribution in [2.75, 3.05) is 31.1 Å². The molecule has 0 unspecified atom stereocenters. The second-order valence-corrected chi connectivity index (χ2v) is 10.2. The van der Waals surface area contributed by atoms with E-state index in [1.807, 2.05) is 25.1 Å². The second kappa shape index (κ2) is 10.5.